The number of fused-ring (bicyclic) bond motifs is 3. The number of rotatable bonds is 4. The summed E-state index contributed by atoms with van der Waals surface area (Å²) in [5.41, 5.74) is 1.34. The van der Waals surface area contributed by atoms with Gasteiger partial charge in [-0.15, -0.1) is 12.4 Å². The maximum atomic E-state index is 5.51. The van der Waals surface area contributed by atoms with Crippen molar-refractivity contribution in [2.75, 3.05) is 34.4 Å². The van der Waals surface area contributed by atoms with Crippen LogP contribution in [0.15, 0.2) is 12.1 Å². The van der Waals surface area contributed by atoms with E-state index in [-0.39, 0.29) is 17.9 Å². The van der Waals surface area contributed by atoms with Crippen LogP contribution in [0.3, 0.4) is 0 Å². The first-order chi connectivity index (χ1) is 10.1. The zero-order chi connectivity index (χ0) is 15.0. The first-order valence-electron chi connectivity index (χ1n) is 7.68. The summed E-state index contributed by atoms with van der Waals surface area (Å²) < 4.78 is 16.5. The Labute approximate surface area is 139 Å². The number of methoxy groups -OCH3 is 3. The lowest BCUT2D eigenvalue weighted by atomic mass is 9.72. The van der Waals surface area contributed by atoms with E-state index in [4.69, 9.17) is 14.2 Å². The minimum Gasteiger partial charge on any atom is -0.493 e. The second-order valence-corrected chi connectivity index (χ2v) is 6.32. The molecule has 3 aliphatic rings. The fourth-order valence-electron chi connectivity index (χ4n) is 4.01. The molecule has 3 heterocycles. The monoisotopic (exact) mass is 327 g/mol. The molecule has 2 bridgehead atoms. The summed E-state index contributed by atoms with van der Waals surface area (Å²) in [7, 11) is 5.00. The molecule has 4 nitrogen and oxygen atoms in total. The maximum absolute atomic E-state index is 5.51. The Hall–Kier alpha value is -1.13. The molecule has 5 heteroatoms. The Morgan fingerprint density at radius 1 is 1.00 bits per heavy atom. The van der Waals surface area contributed by atoms with Crippen molar-refractivity contribution in [3.05, 3.63) is 17.7 Å². The molecule has 3 aliphatic heterocycles. The summed E-state index contributed by atoms with van der Waals surface area (Å²) in [6, 6.07) is 4.23. The van der Waals surface area contributed by atoms with E-state index in [1.165, 1.54) is 37.9 Å². The fourth-order valence-corrected chi connectivity index (χ4v) is 4.01. The summed E-state index contributed by atoms with van der Waals surface area (Å²) >= 11 is 0. The van der Waals surface area contributed by atoms with Gasteiger partial charge in [-0.25, -0.2) is 0 Å². The van der Waals surface area contributed by atoms with Gasteiger partial charge in [-0.1, -0.05) is 0 Å². The molecule has 0 aromatic heterocycles. The van der Waals surface area contributed by atoms with E-state index in [1.54, 1.807) is 21.3 Å². The number of piperidine rings is 3. The second kappa shape index (κ2) is 6.55. The van der Waals surface area contributed by atoms with Crippen LogP contribution in [0.2, 0.25) is 0 Å². The highest BCUT2D eigenvalue weighted by Crippen LogP contribution is 2.49. The van der Waals surface area contributed by atoms with Crippen LogP contribution in [-0.4, -0.2) is 39.3 Å². The number of ether oxygens (including phenoxy) is 3. The lowest BCUT2D eigenvalue weighted by Crippen LogP contribution is -2.54. The number of hydrogen-bond acceptors (Lipinski definition) is 4. The van der Waals surface area contributed by atoms with Gasteiger partial charge in [0.15, 0.2) is 11.5 Å². The van der Waals surface area contributed by atoms with Crippen molar-refractivity contribution in [1.82, 2.24) is 4.90 Å². The van der Waals surface area contributed by atoms with Crippen LogP contribution in [-0.2, 0) is 5.54 Å². The molecule has 4 rings (SSSR count). The van der Waals surface area contributed by atoms with Crippen molar-refractivity contribution in [3.8, 4) is 17.2 Å². The van der Waals surface area contributed by atoms with Crippen LogP contribution in [0.4, 0.5) is 0 Å². The maximum Gasteiger partial charge on any atom is 0.203 e. The zero-order valence-electron chi connectivity index (χ0n) is 13.8. The van der Waals surface area contributed by atoms with Gasteiger partial charge in [0.2, 0.25) is 5.75 Å². The lowest BCUT2D eigenvalue weighted by molar-refractivity contribution is -0.0216. The van der Waals surface area contributed by atoms with Crippen LogP contribution in [0.25, 0.3) is 0 Å². The van der Waals surface area contributed by atoms with Crippen molar-refractivity contribution in [2.45, 2.75) is 31.7 Å². The molecule has 0 amide bonds. The van der Waals surface area contributed by atoms with Crippen LogP contribution in [0.1, 0.15) is 31.7 Å². The quantitative estimate of drug-likeness (QED) is 0.847. The number of halogens is 1. The third-order valence-corrected chi connectivity index (χ3v) is 5.29. The average Bonchev–Trinajstić information content (AvgIpc) is 2.54. The summed E-state index contributed by atoms with van der Waals surface area (Å²) in [5, 5.41) is 0. The molecule has 1 aromatic rings. The standard InChI is InChI=1S/C17H25NO3.ClH/c1-17(11-12-5-7-18(17)8-6-12)13-9-14(19-2)16(21-4)15(10-13)20-3;/h9-10,12H,5-8,11H2,1-4H3;1H. The molecule has 1 atom stereocenters. The Morgan fingerprint density at radius 3 is 1.91 bits per heavy atom. The van der Waals surface area contributed by atoms with E-state index in [1.807, 2.05) is 0 Å². The zero-order valence-corrected chi connectivity index (χ0v) is 14.7. The van der Waals surface area contributed by atoms with Crippen LogP contribution in [0.5, 0.6) is 17.2 Å². The van der Waals surface area contributed by atoms with Gasteiger partial charge in [-0.05, 0) is 62.9 Å². The lowest BCUT2D eigenvalue weighted by Gasteiger charge is -2.53. The van der Waals surface area contributed by atoms with E-state index in [0.717, 1.165) is 17.4 Å². The molecular formula is C17H26ClNO3. The molecule has 22 heavy (non-hydrogen) atoms. The summed E-state index contributed by atoms with van der Waals surface area (Å²) in [4.78, 5) is 2.60. The van der Waals surface area contributed by atoms with Crippen molar-refractivity contribution in [3.63, 3.8) is 0 Å². The van der Waals surface area contributed by atoms with E-state index >= 15 is 0 Å². The number of benzene rings is 1. The topological polar surface area (TPSA) is 30.9 Å². The normalized spacial score (nSPS) is 29.6. The van der Waals surface area contributed by atoms with Gasteiger partial charge in [0.1, 0.15) is 0 Å². The minimum absolute atomic E-state index is 0. The molecule has 1 aromatic carbocycles. The molecule has 0 aliphatic carbocycles. The van der Waals surface area contributed by atoms with Crippen LogP contribution >= 0.6 is 12.4 Å². The van der Waals surface area contributed by atoms with E-state index in [0.29, 0.717) is 5.75 Å². The molecule has 1 unspecified atom stereocenters. The van der Waals surface area contributed by atoms with Crippen molar-refractivity contribution in [2.24, 2.45) is 5.92 Å². The van der Waals surface area contributed by atoms with Gasteiger partial charge >= 0.3 is 0 Å². The predicted octanol–water partition coefficient (Wildman–Crippen LogP) is 3.47. The smallest absolute Gasteiger partial charge is 0.203 e. The van der Waals surface area contributed by atoms with Gasteiger partial charge in [-0.3, -0.25) is 4.90 Å². The molecular weight excluding hydrogens is 302 g/mol. The van der Waals surface area contributed by atoms with Gasteiger partial charge < -0.3 is 14.2 Å². The first-order valence-corrected chi connectivity index (χ1v) is 7.68. The van der Waals surface area contributed by atoms with Gasteiger partial charge in [-0.2, -0.15) is 0 Å². The Balaban J connectivity index is 0.00000176. The van der Waals surface area contributed by atoms with Crippen molar-refractivity contribution in [1.29, 1.82) is 0 Å². The second-order valence-electron chi connectivity index (χ2n) is 6.32. The molecule has 124 valence electrons. The molecule has 3 saturated heterocycles. The van der Waals surface area contributed by atoms with Gasteiger partial charge in [0.05, 0.1) is 21.3 Å². The first kappa shape index (κ1) is 17.2. The Morgan fingerprint density at radius 2 is 1.55 bits per heavy atom. The third-order valence-electron chi connectivity index (χ3n) is 5.29. The number of hydrogen-bond donors (Lipinski definition) is 0. The van der Waals surface area contributed by atoms with Crippen molar-refractivity contribution < 1.29 is 14.2 Å². The van der Waals surface area contributed by atoms with Crippen molar-refractivity contribution >= 4 is 12.4 Å². The fraction of sp³-hybridized carbons (Fsp3) is 0.647. The predicted molar refractivity (Wildman–Crippen MR) is 89.6 cm³/mol. The third kappa shape index (κ3) is 2.63. The van der Waals surface area contributed by atoms with Crippen LogP contribution < -0.4 is 14.2 Å². The van der Waals surface area contributed by atoms with Crippen LogP contribution in [0, 0.1) is 5.92 Å². The molecule has 0 radical (unpaired) electrons. The minimum atomic E-state index is 0. The van der Waals surface area contributed by atoms with E-state index in [2.05, 4.69) is 24.0 Å². The highest BCUT2D eigenvalue weighted by atomic mass is 35.5. The Kier molecular flexibility index (Phi) is 5.13. The van der Waals surface area contributed by atoms with Gasteiger partial charge in [0, 0.05) is 5.54 Å². The molecule has 0 N–H and O–H groups in total. The summed E-state index contributed by atoms with van der Waals surface area (Å²) in [5.74, 6) is 3.01. The van der Waals surface area contributed by atoms with E-state index < -0.39 is 0 Å². The summed E-state index contributed by atoms with van der Waals surface area (Å²) in [6.45, 7) is 4.73. The molecule has 0 saturated carbocycles. The van der Waals surface area contributed by atoms with Gasteiger partial charge in [0.25, 0.3) is 0 Å². The largest absolute Gasteiger partial charge is 0.493 e. The molecule has 0 spiro atoms. The highest BCUT2D eigenvalue weighted by molar-refractivity contribution is 5.85. The SMILES string of the molecule is COc1cc(C2(C)CC3CCN2CC3)cc(OC)c1OC.Cl. The summed E-state index contributed by atoms with van der Waals surface area (Å²) in [6.07, 6.45) is 3.88. The highest BCUT2D eigenvalue weighted by Gasteiger charge is 2.44. The number of nitrogens with zero attached hydrogens (tertiary/aromatic N) is 1. The Bertz CT molecular complexity index is 504. The molecule has 3 fully saturated rings. The van der Waals surface area contributed by atoms with E-state index in [9.17, 15) is 0 Å². The average molecular weight is 328 g/mol.